The second-order valence-corrected chi connectivity index (χ2v) is 7.55. The first-order chi connectivity index (χ1) is 14.9. The second kappa shape index (κ2) is 9.70. The molecule has 31 heavy (non-hydrogen) atoms. The number of fused-ring (bicyclic) bond motifs is 3. The third-order valence-electron chi connectivity index (χ3n) is 5.39. The van der Waals surface area contributed by atoms with Gasteiger partial charge in [0.05, 0.1) is 0 Å². The van der Waals surface area contributed by atoms with E-state index in [4.69, 9.17) is 21.3 Å². The molecule has 0 saturated heterocycles. The number of nitrogens with two attached hydrogens (primary N) is 1. The Morgan fingerprint density at radius 3 is 2.81 bits per heavy atom. The number of ether oxygens (including phenoxy) is 1. The SMILES string of the molecule is CCN/C1=C(\C=N)CC(CNC)C(=N)c2ccc(F)cc2[C@@H](C)Oc2cc1cnc2N. The summed E-state index contributed by atoms with van der Waals surface area (Å²) in [6.07, 6.45) is 2.86. The number of hydrogen-bond donors (Lipinski definition) is 5. The van der Waals surface area contributed by atoms with Gasteiger partial charge in [0.1, 0.15) is 11.9 Å². The van der Waals surface area contributed by atoms with Crippen molar-refractivity contribution in [3.63, 3.8) is 0 Å². The maximum atomic E-state index is 14.1. The van der Waals surface area contributed by atoms with Crippen molar-refractivity contribution < 1.29 is 9.13 Å². The van der Waals surface area contributed by atoms with Crippen LogP contribution in [0.5, 0.6) is 5.75 Å². The number of allylic oxidation sites excluding steroid dienone is 1. The van der Waals surface area contributed by atoms with E-state index in [1.807, 2.05) is 14.0 Å². The topological polar surface area (TPSA) is 120 Å². The molecule has 1 aliphatic heterocycles. The number of rotatable bonds is 5. The van der Waals surface area contributed by atoms with Crippen LogP contribution in [-0.4, -0.2) is 37.0 Å². The number of nitrogen functional groups attached to an aromatic ring is 1. The van der Waals surface area contributed by atoms with E-state index in [9.17, 15) is 4.39 Å². The zero-order valence-corrected chi connectivity index (χ0v) is 18.1. The van der Waals surface area contributed by atoms with Gasteiger partial charge in [-0.15, -0.1) is 0 Å². The Labute approximate surface area is 181 Å². The highest BCUT2D eigenvalue weighted by molar-refractivity contribution is 6.02. The summed E-state index contributed by atoms with van der Waals surface area (Å²) in [6.45, 7) is 4.97. The molecule has 164 valence electrons. The quantitative estimate of drug-likeness (QED) is 0.471. The van der Waals surface area contributed by atoms with Gasteiger partial charge < -0.3 is 31.9 Å². The lowest BCUT2D eigenvalue weighted by Crippen LogP contribution is -2.29. The number of hydrogen-bond acceptors (Lipinski definition) is 7. The Balaban J connectivity index is 2.27. The van der Waals surface area contributed by atoms with Crippen LogP contribution in [-0.2, 0) is 0 Å². The van der Waals surface area contributed by atoms with Crippen LogP contribution in [0.15, 0.2) is 36.0 Å². The fourth-order valence-electron chi connectivity index (χ4n) is 3.87. The molecule has 7 nitrogen and oxygen atoms in total. The van der Waals surface area contributed by atoms with Crippen molar-refractivity contribution in [2.24, 2.45) is 5.92 Å². The van der Waals surface area contributed by atoms with Gasteiger partial charge in [0.2, 0.25) is 0 Å². The van der Waals surface area contributed by atoms with Crippen molar-refractivity contribution in [2.75, 3.05) is 25.9 Å². The Bertz CT molecular complexity index is 1020. The predicted octanol–water partition coefficient (Wildman–Crippen LogP) is 3.52. The average molecular weight is 425 g/mol. The Morgan fingerprint density at radius 1 is 1.35 bits per heavy atom. The maximum Gasteiger partial charge on any atom is 0.166 e. The minimum absolute atomic E-state index is 0.223. The molecule has 0 aliphatic carbocycles. The summed E-state index contributed by atoms with van der Waals surface area (Å²) in [6, 6.07) is 6.18. The van der Waals surface area contributed by atoms with Crippen LogP contribution < -0.4 is 21.1 Å². The van der Waals surface area contributed by atoms with E-state index in [2.05, 4.69) is 15.6 Å². The van der Waals surface area contributed by atoms with Crippen molar-refractivity contribution in [3.8, 4) is 5.75 Å². The van der Waals surface area contributed by atoms with E-state index in [-0.39, 0.29) is 11.7 Å². The number of nitrogens with one attached hydrogen (secondary N) is 4. The van der Waals surface area contributed by atoms with Crippen LogP contribution in [0.3, 0.4) is 0 Å². The molecule has 1 aromatic carbocycles. The van der Waals surface area contributed by atoms with Gasteiger partial charge in [-0.05, 0) is 57.2 Å². The summed E-state index contributed by atoms with van der Waals surface area (Å²) in [5.74, 6) is -0.0271. The molecule has 0 amide bonds. The molecule has 1 aromatic heterocycles. The normalized spacial score (nSPS) is 21.4. The van der Waals surface area contributed by atoms with Crippen LogP contribution in [0.25, 0.3) is 5.70 Å². The van der Waals surface area contributed by atoms with Crippen LogP contribution >= 0.6 is 0 Å². The lowest BCUT2D eigenvalue weighted by molar-refractivity contribution is 0.226. The molecule has 0 fully saturated rings. The molecule has 8 heteroatoms. The third kappa shape index (κ3) is 4.74. The highest BCUT2D eigenvalue weighted by Gasteiger charge is 2.25. The summed E-state index contributed by atoms with van der Waals surface area (Å²) in [7, 11) is 1.83. The van der Waals surface area contributed by atoms with Crippen molar-refractivity contribution in [1.82, 2.24) is 15.6 Å². The molecule has 2 atom stereocenters. The molecule has 6 N–H and O–H groups in total. The van der Waals surface area contributed by atoms with Crippen LogP contribution in [0.4, 0.5) is 10.2 Å². The molecule has 0 spiro atoms. The smallest absolute Gasteiger partial charge is 0.166 e. The zero-order valence-electron chi connectivity index (χ0n) is 18.1. The molecular weight excluding hydrogens is 395 g/mol. The largest absolute Gasteiger partial charge is 0.482 e. The van der Waals surface area contributed by atoms with Crippen molar-refractivity contribution in [1.29, 1.82) is 10.8 Å². The summed E-state index contributed by atoms with van der Waals surface area (Å²) in [5, 5.41) is 23.5. The van der Waals surface area contributed by atoms with Gasteiger partial charge in [-0.25, -0.2) is 9.37 Å². The van der Waals surface area contributed by atoms with Gasteiger partial charge in [-0.1, -0.05) is 0 Å². The lowest BCUT2D eigenvalue weighted by atomic mass is 9.86. The number of aromatic nitrogens is 1. The first kappa shape index (κ1) is 22.4. The molecular formula is C23H29FN6O. The number of nitrogens with zero attached hydrogens (tertiary/aromatic N) is 1. The van der Waals surface area contributed by atoms with E-state index in [1.54, 1.807) is 25.3 Å². The fraction of sp³-hybridized carbons (Fsp3) is 0.348. The Kier molecular flexibility index (Phi) is 7.02. The minimum atomic E-state index is -0.547. The van der Waals surface area contributed by atoms with Gasteiger partial charge in [0, 0.05) is 59.5 Å². The minimum Gasteiger partial charge on any atom is -0.482 e. The second-order valence-electron chi connectivity index (χ2n) is 7.55. The molecule has 2 heterocycles. The highest BCUT2D eigenvalue weighted by atomic mass is 19.1. The van der Waals surface area contributed by atoms with E-state index >= 15 is 0 Å². The highest BCUT2D eigenvalue weighted by Crippen LogP contribution is 2.33. The number of halogens is 1. The van der Waals surface area contributed by atoms with Crippen LogP contribution in [0.1, 0.15) is 43.1 Å². The van der Waals surface area contributed by atoms with Crippen LogP contribution in [0.2, 0.25) is 0 Å². The van der Waals surface area contributed by atoms with Crippen molar-refractivity contribution >= 4 is 23.4 Å². The monoisotopic (exact) mass is 424 g/mol. The third-order valence-corrected chi connectivity index (χ3v) is 5.39. The fourth-order valence-corrected chi connectivity index (χ4v) is 3.87. The van der Waals surface area contributed by atoms with Gasteiger partial charge in [-0.2, -0.15) is 0 Å². The predicted molar refractivity (Wildman–Crippen MR) is 122 cm³/mol. The van der Waals surface area contributed by atoms with Crippen LogP contribution in [0, 0.1) is 22.6 Å². The van der Waals surface area contributed by atoms with Crippen molar-refractivity contribution in [2.45, 2.75) is 26.4 Å². The summed E-state index contributed by atoms with van der Waals surface area (Å²) < 4.78 is 20.2. The standard InChI is InChI=1S/C23H29FN6O/c1-4-29-22-14(10-25)7-15(11-28-3)21(26)18-6-5-17(24)9-19(18)13(2)31-20-8-16(22)12-30-23(20)27/h5-6,8-10,12-13,15,25-26,28-29H,4,7,11H2,1-3H3,(H2,27,30)/b22-14-,25-10?,26-21?/t13-,15?/m1/s1. The maximum absolute atomic E-state index is 14.1. The zero-order chi connectivity index (χ0) is 22.5. The van der Waals surface area contributed by atoms with E-state index in [1.165, 1.54) is 18.3 Å². The van der Waals surface area contributed by atoms with E-state index < -0.39 is 11.9 Å². The molecule has 0 saturated carbocycles. The molecule has 1 aliphatic rings. The summed E-state index contributed by atoms with van der Waals surface area (Å²) in [4.78, 5) is 4.28. The van der Waals surface area contributed by atoms with Gasteiger partial charge >= 0.3 is 0 Å². The molecule has 2 bridgehead atoms. The summed E-state index contributed by atoms with van der Waals surface area (Å²) in [5.41, 5.74) is 9.86. The number of pyridine rings is 1. The molecule has 1 unspecified atom stereocenters. The summed E-state index contributed by atoms with van der Waals surface area (Å²) >= 11 is 0. The van der Waals surface area contributed by atoms with Gasteiger partial charge in [-0.3, -0.25) is 0 Å². The number of anilines is 1. The van der Waals surface area contributed by atoms with Gasteiger partial charge in [0.15, 0.2) is 11.6 Å². The molecule has 0 radical (unpaired) electrons. The van der Waals surface area contributed by atoms with Gasteiger partial charge in [0.25, 0.3) is 0 Å². The first-order valence-corrected chi connectivity index (χ1v) is 10.3. The van der Waals surface area contributed by atoms with Crippen molar-refractivity contribution in [3.05, 3.63) is 58.5 Å². The Morgan fingerprint density at radius 2 is 2.13 bits per heavy atom. The van der Waals surface area contributed by atoms with E-state index in [0.717, 1.165) is 16.8 Å². The lowest BCUT2D eigenvalue weighted by Gasteiger charge is -2.26. The number of benzene rings is 1. The molecule has 2 aromatic rings. The average Bonchev–Trinajstić information content (AvgIpc) is 2.76. The van der Waals surface area contributed by atoms with E-state index in [0.29, 0.717) is 42.1 Å². The first-order valence-electron chi connectivity index (χ1n) is 10.3. The Hall–Kier alpha value is -3.26. The molecule has 3 rings (SSSR count).